The van der Waals surface area contributed by atoms with Crippen LogP contribution in [0.3, 0.4) is 0 Å². The number of benzene rings is 1. The number of likely N-dealkylation sites (N-methyl/N-ethyl adjacent to an activating group) is 1. The number of piperidine rings is 1. The fourth-order valence-corrected chi connectivity index (χ4v) is 3.32. The van der Waals surface area contributed by atoms with Crippen LogP contribution in [0.5, 0.6) is 0 Å². The van der Waals surface area contributed by atoms with Crippen LogP contribution in [-0.2, 0) is 17.9 Å². The molecule has 1 aliphatic rings. The van der Waals surface area contributed by atoms with Gasteiger partial charge in [-0.2, -0.15) is 0 Å². The van der Waals surface area contributed by atoms with Crippen LogP contribution >= 0.6 is 0 Å². The number of carbonyl (C=O) groups excluding carboxylic acids is 1. The number of amides is 1. The molecule has 5 heteroatoms. The molecule has 2 heterocycles. The Bertz CT molecular complexity index is 681. The molecule has 1 aromatic carbocycles. The van der Waals surface area contributed by atoms with Gasteiger partial charge in [-0.1, -0.05) is 18.2 Å². The number of hydrogen-bond donors (Lipinski definition) is 1. The van der Waals surface area contributed by atoms with E-state index in [0.29, 0.717) is 13.1 Å². The van der Waals surface area contributed by atoms with E-state index in [1.54, 1.807) is 6.20 Å². The average molecular weight is 352 g/mol. The van der Waals surface area contributed by atoms with Crippen molar-refractivity contribution in [3.05, 3.63) is 59.9 Å². The highest BCUT2D eigenvalue weighted by Crippen LogP contribution is 2.20. The Kier molecular flexibility index (Phi) is 6.61. The summed E-state index contributed by atoms with van der Waals surface area (Å²) in [5.41, 5.74) is 3.41. The van der Waals surface area contributed by atoms with E-state index in [4.69, 9.17) is 0 Å². The minimum Gasteiger partial charge on any atom is -0.372 e. The topological polar surface area (TPSA) is 48.5 Å². The van der Waals surface area contributed by atoms with Gasteiger partial charge in [-0.15, -0.1) is 0 Å². The Morgan fingerprint density at radius 3 is 2.58 bits per heavy atom. The molecule has 3 rings (SSSR count). The first-order valence-corrected chi connectivity index (χ1v) is 9.40. The van der Waals surface area contributed by atoms with Crippen LogP contribution in [0.15, 0.2) is 48.7 Å². The summed E-state index contributed by atoms with van der Waals surface area (Å²) >= 11 is 0. The normalized spacial score (nSPS) is 14.5. The number of pyridine rings is 1. The van der Waals surface area contributed by atoms with E-state index in [1.807, 2.05) is 30.1 Å². The molecule has 5 nitrogen and oxygen atoms in total. The predicted octanol–water partition coefficient (Wildman–Crippen LogP) is 2.82. The van der Waals surface area contributed by atoms with Gasteiger partial charge in [-0.25, -0.2) is 0 Å². The Hall–Kier alpha value is -2.40. The lowest BCUT2D eigenvalue weighted by molar-refractivity contribution is -0.122. The van der Waals surface area contributed by atoms with E-state index in [1.165, 1.54) is 30.5 Å². The molecule has 1 N–H and O–H groups in total. The summed E-state index contributed by atoms with van der Waals surface area (Å²) < 4.78 is 0. The van der Waals surface area contributed by atoms with Gasteiger partial charge in [0.25, 0.3) is 0 Å². The van der Waals surface area contributed by atoms with Gasteiger partial charge in [0.2, 0.25) is 5.91 Å². The van der Waals surface area contributed by atoms with Crippen LogP contribution in [0.2, 0.25) is 0 Å². The van der Waals surface area contributed by atoms with Crippen molar-refractivity contribution in [1.29, 1.82) is 0 Å². The molecule has 1 aromatic heterocycles. The summed E-state index contributed by atoms with van der Waals surface area (Å²) in [6, 6.07) is 14.5. The number of rotatable bonds is 7. The molecule has 0 saturated carbocycles. The Labute approximate surface area is 156 Å². The number of aromatic nitrogens is 1. The van der Waals surface area contributed by atoms with Gasteiger partial charge in [-0.3, -0.25) is 14.7 Å². The van der Waals surface area contributed by atoms with Gasteiger partial charge in [0.05, 0.1) is 18.8 Å². The second-order valence-corrected chi connectivity index (χ2v) is 6.98. The maximum atomic E-state index is 12.1. The Balaban J connectivity index is 1.43. The van der Waals surface area contributed by atoms with Gasteiger partial charge in [0.1, 0.15) is 0 Å². The standard InChI is InChI=1S/C21H28N4O/c1-24(17-21(26)23-15-19-7-3-4-12-22-19)16-18-8-10-20(11-9-18)25-13-5-2-6-14-25/h3-4,7-12H,2,5-6,13-17H2,1H3,(H,23,26). The first-order chi connectivity index (χ1) is 12.7. The van der Waals surface area contributed by atoms with E-state index >= 15 is 0 Å². The zero-order valence-electron chi connectivity index (χ0n) is 15.5. The molecule has 0 spiro atoms. The number of anilines is 1. The molecule has 0 radical (unpaired) electrons. The van der Waals surface area contributed by atoms with E-state index in [0.717, 1.165) is 25.3 Å². The molecular weight excluding hydrogens is 324 g/mol. The van der Waals surface area contributed by atoms with E-state index in [-0.39, 0.29) is 5.91 Å². The SMILES string of the molecule is CN(CC(=O)NCc1ccccn1)Cc1ccc(N2CCCCC2)cc1. The summed E-state index contributed by atoms with van der Waals surface area (Å²) in [7, 11) is 1.97. The molecule has 1 fully saturated rings. The zero-order valence-corrected chi connectivity index (χ0v) is 15.5. The van der Waals surface area contributed by atoms with Crippen molar-refractivity contribution in [3.63, 3.8) is 0 Å². The lowest BCUT2D eigenvalue weighted by Gasteiger charge is -2.29. The summed E-state index contributed by atoms with van der Waals surface area (Å²) in [6.07, 6.45) is 5.67. The number of nitrogens with one attached hydrogen (secondary N) is 1. The smallest absolute Gasteiger partial charge is 0.234 e. The molecular formula is C21H28N4O. The van der Waals surface area contributed by atoms with Crippen molar-refractivity contribution in [2.75, 3.05) is 31.6 Å². The molecule has 0 aliphatic carbocycles. The van der Waals surface area contributed by atoms with Crippen LogP contribution in [0, 0.1) is 0 Å². The number of nitrogens with zero attached hydrogens (tertiary/aromatic N) is 3. The Morgan fingerprint density at radius 2 is 1.88 bits per heavy atom. The fraction of sp³-hybridized carbons (Fsp3) is 0.429. The average Bonchev–Trinajstić information content (AvgIpc) is 2.68. The van der Waals surface area contributed by atoms with Gasteiger partial charge in [0.15, 0.2) is 0 Å². The molecule has 1 amide bonds. The third kappa shape index (κ3) is 5.56. The van der Waals surface area contributed by atoms with Crippen molar-refractivity contribution in [1.82, 2.24) is 15.2 Å². The highest BCUT2D eigenvalue weighted by atomic mass is 16.2. The summed E-state index contributed by atoms with van der Waals surface area (Å²) in [6.45, 7) is 3.93. The zero-order chi connectivity index (χ0) is 18.2. The van der Waals surface area contributed by atoms with Gasteiger partial charge in [0, 0.05) is 31.5 Å². The Morgan fingerprint density at radius 1 is 1.12 bits per heavy atom. The second kappa shape index (κ2) is 9.34. The number of carbonyl (C=O) groups is 1. The molecule has 1 aliphatic heterocycles. The minimum absolute atomic E-state index is 0.0167. The fourth-order valence-electron chi connectivity index (χ4n) is 3.32. The lowest BCUT2D eigenvalue weighted by Crippen LogP contribution is -2.34. The predicted molar refractivity (Wildman–Crippen MR) is 105 cm³/mol. The quantitative estimate of drug-likeness (QED) is 0.832. The van der Waals surface area contributed by atoms with Crippen LogP contribution in [0.25, 0.3) is 0 Å². The molecule has 2 aromatic rings. The van der Waals surface area contributed by atoms with Crippen molar-refractivity contribution < 1.29 is 4.79 Å². The first-order valence-electron chi connectivity index (χ1n) is 9.40. The largest absolute Gasteiger partial charge is 0.372 e. The van der Waals surface area contributed by atoms with Crippen LogP contribution in [-0.4, -0.2) is 42.5 Å². The molecule has 0 unspecified atom stereocenters. The monoisotopic (exact) mass is 352 g/mol. The van der Waals surface area contributed by atoms with Gasteiger partial charge in [-0.05, 0) is 56.1 Å². The van der Waals surface area contributed by atoms with E-state index in [9.17, 15) is 4.79 Å². The van der Waals surface area contributed by atoms with Crippen LogP contribution in [0.1, 0.15) is 30.5 Å². The first kappa shape index (κ1) is 18.4. The van der Waals surface area contributed by atoms with Crippen LogP contribution < -0.4 is 10.2 Å². The van der Waals surface area contributed by atoms with Crippen molar-refractivity contribution >= 4 is 11.6 Å². The third-order valence-electron chi connectivity index (χ3n) is 4.72. The van der Waals surface area contributed by atoms with Gasteiger partial charge < -0.3 is 10.2 Å². The third-order valence-corrected chi connectivity index (χ3v) is 4.72. The molecule has 0 bridgehead atoms. The maximum absolute atomic E-state index is 12.1. The highest BCUT2D eigenvalue weighted by Gasteiger charge is 2.11. The second-order valence-electron chi connectivity index (χ2n) is 6.98. The van der Waals surface area contributed by atoms with Crippen LogP contribution in [0.4, 0.5) is 5.69 Å². The van der Waals surface area contributed by atoms with E-state index < -0.39 is 0 Å². The summed E-state index contributed by atoms with van der Waals surface area (Å²) in [5, 5.41) is 2.92. The highest BCUT2D eigenvalue weighted by molar-refractivity contribution is 5.77. The van der Waals surface area contributed by atoms with E-state index in [2.05, 4.69) is 39.5 Å². The number of hydrogen-bond acceptors (Lipinski definition) is 4. The van der Waals surface area contributed by atoms with Crippen molar-refractivity contribution in [2.24, 2.45) is 0 Å². The van der Waals surface area contributed by atoms with Crippen molar-refractivity contribution in [2.45, 2.75) is 32.4 Å². The van der Waals surface area contributed by atoms with Gasteiger partial charge >= 0.3 is 0 Å². The molecule has 0 atom stereocenters. The summed E-state index contributed by atoms with van der Waals surface area (Å²) in [5.74, 6) is 0.0167. The molecule has 138 valence electrons. The molecule has 26 heavy (non-hydrogen) atoms. The molecule has 1 saturated heterocycles. The van der Waals surface area contributed by atoms with Crippen molar-refractivity contribution in [3.8, 4) is 0 Å². The lowest BCUT2D eigenvalue weighted by atomic mass is 10.1. The summed E-state index contributed by atoms with van der Waals surface area (Å²) in [4.78, 5) is 20.8. The maximum Gasteiger partial charge on any atom is 0.234 e. The minimum atomic E-state index is 0.0167.